The highest BCUT2D eigenvalue weighted by Crippen LogP contribution is 2.23. The highest BCUT2D eigenvalue weighted by atomic mass is 35.5. The van der Waals surface area contributed by atoms with Crippen LogP contribution in [0.15, 0.2) is 29.4 Å². The van der Waals surface area contributed by atoms with Gasteiger partial charge in [0, 0.05) is 11.8 Å². The number of hydrogen-bond acceptors (Lipinski definition) is 2. The molecule has 0 unspecified atom stereocenters. The SMILES string of the molecule is CC(=O)Nc1cc(/C=C/C(=O)N=[N+]=[N-])ccc1Cl. The van der Waals surface area contributed by atoms with E-state index in [1.807, 2.05) is 0 Å². The molecule has 0 spiro atoms. The molecule has 0 bridgehead atoms. The first kappa shape index (κ1) is 13.8. The van der Waals surface area contributed by atoms with Crippen LogP contribution >= 0.6 is 11.6 Å². The molecule has 0 aliphatic rings. The van der Waals surface area contributed by atoms with Gasteiger partial charge in [0.15, 0.2) is 0 Å². The topological polar surface area (TPSA) is 94.9 Å². The van der Waals surface area contributed by atoms with Gasteiger partial charge in [0.1, 0.15) is 0 Å². The third-order valence-corrected chi connectivity index (χ3v) is 2.19. The molecule has 0 aromatic heterocycles. The lowest BCUT2D eigenvalue weighted by molar-refractivity contribution is -0.114. The summed E-state index contributed by atoms with van der Waals surface area (Å²) in [6.07, 6.45) is 2.58. The first-order valence-electron chi connectivity index (χ1n) is 4.87. The van der Waals surface area contributed by atoms with E-state index in [2.05, 4.69) is 15.3 Å². The van der Waals surface area contributed by atoms with Crippen LogP contribution in [0.3, 0.4) is 0 Å². The summed E-state index contributed by atoms with van der Waals surface area (Å²) in [6.45, 7) is 1.37. The Kier molecular flexibility index (Phi) is 4.92. The van der Waals surface area contributed by atoms with Crippen molar-refractivity contribution >= 4 is 35.2 Å². The molecule has 92 valence electrons. The molecule has 1 rings (SSSR count). The lowest BCUT2D eigenvalue weighted by Crippen LogP contribution is -2.06. The quantitative estimate of drug-likeness (QED) is 0.393. The average Bonchev–Trinajstić information content (AvgIpc) is 2.30. The predicted molar refractivity (Wildman–Crippen MR) is 68.9 cm³/mol. The second kappa shape index (κ2) is 6.44. The zero-order valence-electron chi connectivity index (χ0n) is 9.42. The fourth-order valence-electron chi connectivity index (χ4n) is 1.18. The molecule has 18 heavy (non-hydrogen) atoms. The van der Waals surface area contributed by atoms with E-state index < -0.39 is 5.91 Å². The summed E-state index contributed by atoms with van der Waals surface area (Å²) in [7, 11) is 0. The molecule has 7 heteroatoms. The summed E-state index contributed by atoms with van der Waals surface area (Å²) >= 11 is 5.88. The number of carbonyl (C=O) groups excluding carboxylic acids is 2. The Labute approximate surface area is 108 Å². The molecule has 0 saturated carbocycles. The van der Waals surface area contributed by atoms with Crippen LogP contribution in [0.2, 0.25) is 5.02 Å². The fraction of sp³-hybridized carbons (Fsp3) is 0.0909. The number of rotatable bonds is 3. The molecule has 0 radical (unpaired) electrons. The summed E-state index contributed by atoms with van der Waals surface area (Å²) in [5.41, 5.74) is 9.14. The molecule has 2 amide bonds. The minimum absolute atomic E-state index is 0.247. The molecule has 6 nitrogen and oxygen atoms in total. The van der Waals surface area contributed by atoms with E-state index in [0.29, 0.717) is 16.3 Å². The second-order valence-corrected chi connectivity index (χ2v) is 3.69. The van der Waals surface area contributed by atoms with Gasteiger partial charge in [0.25, 0.3) is 0 Å². The maximum Gasteiger partial charge on any atom is 0.242 e. The molecule has 0 fully saturated rings. The van der Waals surface area contributed by atoms with Crippen LogP contribution in [0.4, 0.5) is 5.69 Å². The number of amides is 2. The standard InChI is InChI=1S/C11H9ClN4O2/c1-7(17)14-10-6-8(2-4-9(10)12)3-5-11(18)15-16-13/h2-6H,1H3,(H,14,17)/b5-3+. The lowest BCUT2D eigenvalue weighted by Gasteiger charge is -2.05. The number of benzene rings is 1. The average molecular weight is 265 g/mol. The fourth-order valence-corrected chi connectivity index (χ4v) is 1.34. The van der Waals surface area contributed by atoms with Crippen molar-refractivity contribution < 1.29 is 9.59 Å². The third-order valence-electron chi connectivity index (χ3n) is 1.86. The molecular weight excluding hydrogens is 256 g/mol. The normalized spacial score (nSPS) is 9.89. The first-order valence-corrected chi connectivity index (χ1v) is 5.25. The number of nitrogens with one attached hydrogen (secondary N) is 1. The molecule has 1 aromatic rings. The molecule has 0 aliphatic heterocycles. The Hall–Kier alpha value is -2.30. The Morgan fingerprint density at radius 2 is 2.22 bits per heavy atom. The van der Waals surface area contributed by atoms with Gasteiger partial charge in [0.05, 0.1) is 10.7 Å². The van der Waals surface area contributed by atoms with Gasteiger partial charge < -0.3 is 5.32 Å². The zero-order chi connectivity index (χ0) is 13.5. The van der Waals surface area contributed by atoms with E-state index in [4.69, 9.17) is 17.1 Å². The van der Waals surface area contributed by atoms with Crippen LogP contribution in [-0.2, 0) is 9.59 Å². The van der Waals surface area contributed by atoms with Crippen molar-refractivity contribution in [3.8, 4) is 0 Å². The summed E-state index contributed by atoms with van der Waals surface area (Å²) in [6, 6.07) is 4.85. The predicted octanol–water partition coefficient (Wildman–Crippen LogP) is 3.15. The maximum absolute atomic E-state index is 10.9. The van der Waals surface area contributed by atoms with Crippen LogP contribution in [0, 0.1) is 0 Å². The minimum atomic E-state index is -0.700. The van der Waals surface area contributed by atoms with Gasteiger partial charge >= 0.3 is 0 Å². The van der Waals surface area contributed by atoms with Gasteiger partial charge in [-0.05, 0) is 34.4 Å². The summed E-state index contributed by atoms with van der Waals surface area (Å²) in [5, 5.41) is 5.83. The van der Waals surface area contributed by atoms with Crippen LogP contribution in [0.25, 0.3) is 16.5 Å². The Morgan fingerprint density at radius 3 is 2.83 bits per heavy atom. The number of anilines is 1. The van der Waals surface area contributed by atoms with Gasteiger partial charge in [-0.3, -0.25) is 9.59 Å². The van der Waals surface area contributed by atoms with Crippen LogP contribution < -0.4 is 5.32 Å². The Bertz CT molecular complexity index is 562. The van der Waals surface area contributed by atoms with Gasteiger partial charge in [-0.25, -0.2) is 0 Å². The smallest absolute Gasteiger partial charge is 0.242 e. The maximum atomic E-state index is 10.9. The van der Waals surface area contributed by atoms with Gasteiger partial charge in [-0.2, -0.15) is 0 Å². The molecule has 1 N–H and O–H groups in total. The van der Waals surface area contributed by atoms with Crippen molar-refractivity contribution in [1.29, 1.82) is 0 Å². The van der Waals surface area contributed by atoms with Crippen molar-refractivity contribution in [2.75, 3.05) is 5.32 Å². The second-order valence-electron chi connectivity index (χ2n) is 3.28. The van der Waals surface area contributed by atoms with Crippen LogP contribution in [0.5, 0.6) is 0 Å². The van der Waals surface area contributed by atoms with Crippen molar-refractivity contribution in [3.05, 3.63) is 45.3 Å². The number of carbonyl (C=O) groups is 2. The molecule has 0 heterocycles. The first-order chi connectivity index (χ1) is 8.52. The highest BCUT2D eigenvalue weighted by molar-refractivity contribution is 6.33. The van der Waals surface area contributed by atoms with E-state index in [1.54, 1.807) is 18.2 Å². The number of nitrogens with zero attached hydrogens (tertiary/aromatic N) is 3. The third kappa shape index (κ3) is 4.29. The molecule has 1 aromatic carbocycles. The Balaban J connectivity index is 2.94. The molecule has 0 aliphatic carbocycles. The lowest BCUT2D eigenvalue weighted by atomic mass is 10.2. The van der Waals surface area contributed by atoms with Crippen molar-refractivity contribution in [3.63, 3.8) is 0 Å². The van der Waals surface area contributed by atoms with E-state index in [-0.39, 0.29) is 5.91 Å². The van der Waals surface area contributed by atoms with Gasteiger partial charge in [-0.1, -0.05) is 23.7 Å². The highest BCUT2D eigenvalue weighted by Gasteiger charge is 2.02. The van der Waals surface area contributed by atoms with Crippen molar-refractivity contribution in [2.24, 2.45) is 5.11 Å². The largest absolute Gasteiger partial charge is 0.325 e. The van der Waals surface area contributed by atoms with Gasteiger partial charge in [-0.15, -0.1) is 0 Å². The summed E-state index contributed by atoms with van der Waals surface area (Å²) < 4.78 is 0. The minimum Gasteiger partial charge on any atom is -0.325 e. The number of azide groups is 1. The number of halogens is 1. The van der Waals surface area contributed by atoms with E-state index in [9.17, 15) is 9.59 Å². The van der Waals surface area contributed by atoms with E-state index >= 15 is 0 Å². The zero-order valence-corrected chi connectivity index (χ0v) is 10.2. The van der Waals surface area contributed by atoms with Gasteiger partial charge in [0.2, 0.25) is 11.8 Å². The number of hydrogen-bond donors (Lipinski definition) is 1. The van der Waals surface area contributed by atoms with E-state index in [0.717, 1.165) is 6.08 Å². The van der Waals surface area contributed by atoms with Crippen LogP contribution in [-0.4, -0.2) is 11.8 Å². The molecule has 0 saturated heterocycles. The molecular formula is C11H9ClN4O2. The van der Waals surface area contributed by atoms with Crippen LogP contribution in [0.1, 0.15) is 12.5 Å². The van der Waals surface area contributed by atoms with Crippen molar-refractivity contribution in [1.82, 2.24) is 0 Å². The molecule has 0 atom stereocenters. The summed E-state index contributed by atoms with van der Waals surface area (Å²) in [5.74, 6) is -0.947. The van der Waals surface area contributed by atoms with Crippen molar-refractivity contribution in [2.45, 2.75) is 6.92 Å². The summed E-state index contributed by atoms with van der Waals surface area (Å²) in [4.78, 5) is 24.2. The van der Waals surface area contributed by atoms with E-state index in [1.165, 1.54) is 13.0 Å². The monoisotopic (exact) mass is 264 g/mol. The Morgan fingerprint density at radius 1 is 1.50 bits per heavy atom.